The average molecular weight is 227 g/mol. The molecule has 0 aromatic heterocycles. The van der Waals surface area contributed by atoms with Crippen molar-refractivity contribution in [1.29, 1.82) is 0 Å². The fraction of sp³-hybridized carbons (Fsp3) is 0.400. The summed E-state index contributed by atoms with van der Waals surface area (Å²) >= 11 is 3.43. The van der Waals surface area contributed by atoms with Crippen LogP contribution in [0.5, 0.6) is 5.75 Å². The maximum absolute atomic E-state index is 5.47. The van der Waals surface area contributed by atoms with Gasteiger partial charge in [0.15, 0.2) is 0 Å². The van der Waals surface area contributed by atoms with E-state index in [0.29, 0.717) is 0 Å². The van der Waals surface area contributed by atoms with Crippen LogP contribution in [0.1, 0.15) is 11.1 Å². The van der Waals surface area contributed by atoms with Gasteiger partial charge in [0, 0.05) is 11.8 Å². The molecule has 2 rings (SSSR count). The van der Waals surface area contributed by atoms with Crippen LogP contribution in [0.3, 0.4) is 0 Å². The van der Waals surface area contributed by atoms with E-state index in [4.69, 9.17) is 4.74 Å². The molecular formula is C10H11BrO. The Hall–Kier alpha value is -0.500. The van der Waals surface area contributed by atoms with Crippen LogP contribution in [0, 0.1) is 0 Å². The summed E-state index contributed by atoms with van der Waals surface area (Å²) in [7, 11) is 0. The minimum absolute atomic E-state index is 0.854. The van der Waals surface area contributed by atoms with Crippen molar-refractivity contribution in [3.8, 4) is 5.75 Å². The second kappa shape index (κ2) is 3.48. The van der Waals surface area contributed by atoms with E-state index in [1.54, 1.807) is 0 Å². The lowest BCUT2D eigenvalue weighted by Crippen LogP contribution is -1.88. The Morgan fingerprint density at radius 2 is 2.33 bits per heavy atom. The fourth-order valence-corrected chi connectivity index (χ4v) is 1.93. The zero-order valence-electron chi connectivity index (χ0n) is 6.85. The first kappa shape index (κ1) is 8.11. The van der Waals surface area contributed by atoms with Crippen LogP contribution in [0.15, 0.2) is 18.2 Å². The third kappa shape index (κ3) is 1.48. The van der Waals surface area contributed by atoms with Gasteiger partial charge in [0.25, 0.3) is 0 Å². The van der Waals surface area contributed by atoms with Crippen LogP contribution >= 0.6 is 15.9 Å². The van der Waals surface area contributed by atoms with Gasteiger partial charge in [-0.2, -0.15) is 0 Å². The third-order valence-corrected chi connectivity index (χ3v) is 2.54. The first-order chi connectivity index (χ1) is 5.90. The molecule has 1 aliphatic heterocycles. The minimum Gasteiger partial charge on any atom is -0.493 e. The van der Waals surface area contributed by atoms with Crippen molar-refractivity contribution in [3.63, 3.8) is 0 Å². The highest BCUT2D eigenvalue weighted by molar-refractivity contribution is 9.09. The number of ether oxygens (including phenoxy) is 1. The Morgan fingerprint density at radius 1 is 1.42 bits per heavy atom. The number of hydrogen-bond donors (Lipinski definition) is 0. The number of halogens is 1. The Labute approximate surface area is 80.9 Å². The summed E-state index contributed by atoms with van der Waals surface area (Å²) in [5.41, 5.74) is 2.71. The zero-order chi connectivity index (χ0) is 8.39. The molecule has 0 atom stereocenters. The molecule has 0 amide bonds. The third-order valence-electron chi connectivity index (χ3n) is 2.14. The van der Waals surface area contributed by atoms with Gasteiger partial charge in [-0.25, -0.2) is 0 Å². The first-order valence-electron chi connectivity index (χ1n) is 4.21. The van der Waals surface area contributed by atoms with Crippen LogP contribution in [0.25, 0.3) is 0 Å². The molecule has 0 radical (unpaired) electrons. The van der Waals surface area contributed by atoms with E-state index in [1.807, 2.05) is 0 Å². The van der Waals surface area contributed by atoms with E-state index >= 15 is 0 Å². The molecule has 0 fully saturated rings. The smallest absolute Gasteiger partial charge is 0.122 e. The molecule has 0 saturated carbocycles. The molecular weight excluding hydrogens is 216 g/mol. The van der Waals surface area contributed by atoms with Gasteiger partial charge in [-0.05, 0) is 23.6 Å². The van der Waals surface area contributed by atoms with Crippen LogP contribution in [-0.4, -0.2) is 11.9 Å². The molecule has 12 heavy (non-hydrogen) atoms. The van der Waals surface area contributed by atoms with Crippen molar-refractivity contribution in [2.75, 3.05) is 11.9 Å². The topological polar surface area (TPSA) is 9.23 Å². The van der Waals surface area contributed by atoms with Gasteiger partial charge in [0.1, 0.15) is 5.75 Å². The highest BCUT2D eigenvalue weighted by Gasteiger charge is 2.11. The van der Waals surface area contributed by atoms with Gasteiger partial charge in [-0.15, -0.1) is 0 Å². The number of benzene rings is 1. The summed E-state index contributed by atoms with van der Waals surface area (Å²) in [5.74, 6) is 1.09. The molecule has 0 aliphatic carbocycles. The van der Waals surface area contributed by atoms with Gasteiger partial charge in [0.2, 0.25) is 0 Å². The maximum atomic E-state index is 5.47. The zero-order valence-corrected chi connectivity index (χ0v) is 8.43. The predicted molar refractivity (Wildman–Crippen MR) is 53.1 cm³/mol. The number of aryl methyl sites for hydroxylation is 1. The SMILES string of the molecule is BrCCc1ccc2c(c1)OCC2. The van der Waals surface area contributed by atoms with Gasteiger partial charge >= 0.3 is 0 Å². The highest BCUT2D eigenvalue weighted by atomic mass is 79.9. The molecule has 0 N–H and O–H groups in total. The molecule has 0 bridgehead atoms. The molecule has 0 unspecified atom stereocenters. The molecule has 1 aromatic rings. The van der Waals surface area contributed by atoms with Gasteiger partial charge in [0.05, 0.1) is 6.61 Å². The lowest BCUT2D eigenvalue weighted by atomic mass is 10.1. The van der Waals surface area contributed by atoms with E-state index in [2.05, 4.69) is 34.1 Å². The Balaban J connectivity index is 2.26. The molecule has 1 aliphatic rings. The fourth-order valence-electron chi connectivity index (χ4n) is 1.48. The molecule has 1 heterocycles. The number of fused-ring (bicyclic) bond motifs is 1. The second-order valence-electron chi connectivity index (χ2n) is 2.98. The summed E-state index contributed by atoms with van der Waals surface area (Å²) in [5, 5.41) is 1.02. The normalized spacial score (nSPS) is 14.1. The average Bonchev–Trinajstić information content (AvgIpc) is 2.51. The predicted octanol–water partition coefficient (Wildman–Crippen LogP) is 2.56. The Kier molecular flexibility index (Phi) is 2.35. The number of rotatable bonds is 2. The summed E-state index contributed by atoms with van der Waals surface area (Å²) < 4.78 is 5.47. The number of hydrogen-bond acceptors (Lipinski definition) is 1. The first-order valence-corrected chi connectivity index (χ1v) is 5.33. The molecule has 2 heteroatoms. The molecule has 1 aromatic carbocycles. The molecule has 0 saturated heterocycles. The van der Waals surface area contributed by atoms with E-state index in [9.17, 15) is 0 Å². The van der Waals surface area contributed by atoms with Gasteiger partial charge in [-0.1, -0.05) is 28.1 Å². The maximum Gasteiger partial charge on any atom is 0.122 e. The van der Waals surface area contributed by atoms with E-state index in [0.717, 1.165) is 30.5 Å². The molecule has 1 nitrogen and oxygen atoms in total. The molecule has 0 spiro atoms. The van der Waals surface area contributed by atoms with Crippen LogP contribution < -0.4 is 4.74 Å². The van der Waals surface area contributed by atoms with Crippen molar-refractivity contribution in [2.24, 2.45) is 0 Å². The highest BCUT2D eigenvalue weighted by Crippen LogP contribution is 2.26. The molecule has 64 valence electrons. The van der Waals surface area contributed by atoms with Crippen LogP contribution in [0.4, 0.5) is 0 Å². The summed E-state index contributed by atoms with van der Waals surface area (Å²) in [4.78, 5) is 0. The van der Waals surface area contributed by atoms with Crippen molar-refractivity contribution in [2.45, 2.75) is 12.8 Å². The van der Waals surface area contributed by atoms with Crippen LogP contribution in [0.2, 0.25) is 0 Å². The van der Waals surface area contributed by atoms with Crippen molar-refractivity contribution >= 4 is 15.9 Å². The van der Waals surface area contributed by atoms with E-state index in [-0.39, 0.29) is 0 Å². The summed E-state index contributed by atoms with van der Waals surface area (Å²) in [6, 6.07) is 6.53. The van der Waals surface area contributed by atoms with Crippen molar-refractivity contribution in [3.05, 3.63) is 29.3 Å². The van der Waals surface area contributed by atoms with Crippen molar-refractivity contribution in [1.82, 2.24) is 0 Å². The van der Waals surface area contributed by atoms with E-state index in [1.165, 1.54) is 11.1 Å². The lowest BCUT2D eigenvalue weighted by molar-refractivity contribution is 0.356. The van der Waals surface area contributed by atoms with Crippen LogP contribution in [-0.2, 0) is 12.8 Å². The quantitative estimate of drug-likeness (QED) is 0.705. The van der Waals surface area contributed by atoms with Gasteiger partial charge in [-0.3, -0.25) is 0 Å². The lowest BCUT2D eigenvalue weighted by Gasteiger charge is -2.01. The standard InChI is InChI=1S/C10H11BrO/c11-5-3-8-1-2-9-4-6-12-10(9)7-8/h1-2,7H,3-6H2. The van der Waals surface area contributed by atoms with Gasteiger partial charge < -0.3 is 4.74 Å². The Morgan fingerprint density at radius 3 is 3.17 bits per heavy atom. The monoisotopic (exact) mass is 226 g/mol. The Bertz CT molecular complexity index is 283. The largest absolute Gasteiger partial charge is 0.493 e. The van der Waals surface area contributed by atoms with Crippen molar-refractivity contribution < 1.29 is 4.74 Å². The summed E-state index contributed by atoms with van der Waals surface area (Å²) in [6.45, 7) is 0.854. The summed E-state index contributed by atoms with van der Waals surface area (Å²) in [6.07, 6.45) is 2.15. The second-order valence-corrected chi connectivity index (χ2v) is 3.77. The van der Waals surface area contributed by atoms with E-state index < -0.39 is 0 Å². The number of alkyl halides is 1. The minimum atomic E-state index is 0.854.